The quantitative estimate of drug-likeness (QED) is 0.790. The van der Waals surface area contributed by atoms with Crippen LogP contribution < -0.4 is 4.74 Å². The minimum atomic E-state index is -0.954. The van der Waals surface area contributed by atoms with Crippen LogP contribution in [0, 0.1) is 0 Å². The standard InChI is InChI=1S/C14H20O5/c1-14(2,3)19-13(17)9-18-11-6-4-5-10(7-11)12(16)8-15/h4-7,12,15-16H,8-9H2,1-3H3/t12-/m0/s1. The lowest BCUT2D eigenvalue weighted by Gasteiger charge is -2.19. The summed E-state index contributed by atoms with van der Waals surface area (Å²) in [5.41, 5.74) is -0.0146. The third-order valence-corrected chi connectivity index (χ3v) is 2.19. The fraction of sp³-hybridized carbons (Fsp3) is 0.500. The van der Waals surface area contributed by atoms with Gasteiger partial charge in [0.2, 0.25) is 0 Å². The SMILES string of the molecule is CC(C)(C)OC(=O)COc1cccc([C@@H](O)CO)c1. The Hall–Kier alpha value is -1.59. The second-order valence-corrected chi connectivity index (χ2v) is 5.15. The zero-order valence-electron chi connectivity index (χ0n) is 11.4. The fourth-order valence-electron chi connectivity index (χ4n) is 1.43. The average molecular weight is 268 g/mol. The van der Waals surface area contributed by atoms with Crippen LogP contribution in [-0.4, -0.2) is 35.0 Å². The van der Waals surface area contributed by atoms with Crippen molar-refractivity contribution in [3.05, 3.63) is 29.8 Å². The molecule has 0 saturated carbocycles. The number of aliphatic hydroxyl groups is 2. The number of benzene rings is 1. The van der Waals surface area contributed by atoms with Crippen molar-refractivity contribution in [2.24, 2.45) is 0 Å². The van der Waals surface area contributed by atoms with Crippen LogP contribution in [-0.2, 0) is 9.53 Å². The molecule has 0 fully saturated rings. The lowest BCUT2D eigenvalue weighted by molar-refractivity contribution is -0.157. The predicted molar refractivity (Wildman–Crippen MR) is 69.8 cm³/mol. The maximum atomic E-state index is 11.5. The molecule has 1 rings (SSSR count). The zero-order valence-corrected chi connectivity index (χ0v) is 11.4. The topological polar surface area (TPSA) is 76.0 Å². The molecule has 2 N–H and O–H groups in total. The first-order chi connectivity index (χ1) is 8.81. The molecule has 1 aromatic carbocycles. The van der Waals surface area contributed by atoms with E-state index < -0.39 is 17.7 Å². The summed E-state index contributed by atoms with van der Waals surface area (Å²) in [6, 6.07) is 6.59. The molecule has 0 bridgehead atoms. The molecule has 0 aliphatic rings. The molecule has 0 aliphatic heterocycles. The number of ether oxygens (including phenoxy) is 2. The molecule has 0 heterocycles. The summed E-state index contributed by atoms with van der Waals surface area (Å²) in [6.07, 6.45) is -0.954. The maximum absolute atomic E-state index is 11.5. The van der Waals surface area contributed by atoms with E-state index in [0.29, 0.717) is 11.3 Å². The van der Waals surface area contributed by atoms with Crippen LogP contribution in [0.15, 0.2) is 24.3 Å². The van der Waals surface area contributed by atoms with Crippen molar-refractivity contribution in [1.82, 2.24) is 0 Å². The molecule has 5 heteroatoms. The smallest absolute Gasteiger partial charge is 0.344 e. The summed E-state index contributed by atoms with van der Waals surface area (Å²) in [6.45, 7) is 4.78. The van der Waals surface area contributed by atoms with Gasteiger partial charge in [0, 0.05) is 0 Å². The highest BCUT2D eigenvalue weighted by molar-refractivity contribution is 5.71. The minimum absolute atomic E-state index is 0.198. The molecule has 0 unspecified atom stereocenters. The van der Waals surface area contributed by atoms with Gasteiger partial charge < -0.3 is 19.7 Å². The van der Waals surface area contributed by atoms with Crippen LogP contribution >= 0.6 is 0 Å². The summed E-state index contributed by atoms with van der Waals surface area (Å²) in [5, 5.41) is 18.3. The Morgan fingerprint density at radius 1 is 1.37 bits per heavy atom. The van der Waals surface area contributed by atoms with E-state index in [1.807, 2.05) is 0 Å². The molecule has 0 aliphatic carbocycles. The molecule has 106 valence electrons. The van der Waals surface area contributed by atoms with E-state index in [4.69, 9.17) is 14.6 Å². The lowest BCUT2D eigenvalue weighted by Crippen LogP contribution is -2.27. The molecule has 1 aromatic rings. The number of esters is 1. The summed E-state index contributed by atoms with van der Waals surface area (Å²) in [4.78, 5) is 11.5. The van der Waals surface area contributed by atoms with Crippen LogP contribution in [0.4, 0.5) is 0 Å². The first kappa shape index (κ1) is 15.5. The van der Waals surface area contributed by atoms with Gasteiger partial charge in [0.15, 0.2) is 6.61 Å². The van der Waals surface area contributed by atoms with E-state index in [0.717, 1.165) is 0 Å². The van der Waals surface area contributed by atoms with Crippen molar-refractivity contribution in [3.8, 4) is 5.75 Å². The van der Waals surface area contributed by atoms with Crippen LogP contribution in [0.25, 0.3) is 0 Å². The van der Waals surface area contributed by atoms with E-state index in [2.05, 4.69) is 0 Å². The number of carbonyl (C=O) groups is 1. The predicted octanol–water partition coefficient (Wildman–Crippen LogP) is 1.43. The third kappa shape index (κ3) is 5.72. The van der Waals surface area contributed by atoms with Crippen molar-refractivity contribution in [3.63, 3.8) is 0 Å². The van der Waals surface area contributed by atoms with Gasteiger partial charge in [-0.15, -0.1) is 0 Å². The van der Waals surface area contributed by atoms with Gasteiger partial charge in [-0.25, -0.2) is 4.79 Å². The molecule has 0 saturated heterocycles. The average Bonchev–Trinajstić information content (AvgIpc) is 2.34. The highest BCUT2D eigenvalue weighted by Gasteiger charge is 2.16. The third-order valence-electron chi connectivity index (χ3n) is 2.19. The molecule has 0 amide bonds. The van der Waals surface area contributed by atoms with Gasteiger partial charge in [-0.05, 0) is 38.5 Å². The Morgan fingerprint density at radius 2 is 2.05 bits per heavy atom. The van der Waals surface area contributed by atoms with E-state index in [9.17, 15) is 9.90 Å². The summed E-state index contributed by atoms with van der Waals surface area (Å²) in [5.74, 6) is -0.0172. The van der Waals surface area contributed by atoms with E-state index in [1.165, 1.54) is 0 Å². The van der Waals surface area contributed by atoms with Gasteiger partial charge in [0.1, 0.15) is 17.5 Å². The van der Waals surface area contributed by atoms with Gasteiger partial charge in [0.05, 0.1) is 6.61 Å². The maximum Gasteiger partial charge on any atom is 0.344 e. The summed E-state index contributed by atoms with van der Waals surface area (Å²) >= 11 is 0. The molecule has 1 atom stereocenters. The highest BCUT2D eigenvalue weighted by atomic mass is 16.6. The Balaban J connectivity index is 2.56. The first-order valence-corrected chi connectivity index (χ1v) is 6.05. The van der Waals surface area contributed by atoms with Crippen molar-refractivity contribution in [2.75, 3.05) is 13.2 Å². The van der Waals surface area contributed by atoms with Crippen LogP contribution in [0.5, 0.6) is 5.75 Å². The number of hydrogen-bond acceptors (Lipinski definition) is 5. The van der Waals surface area contributed by atoms with Crippen molar-refractivity contribution < 1.29 is 24.5 Å². The molecule has 5 nitrogen and oxygen atoms in total. The molecular weight excluding hydrogens is 248 g/mol. The highest BCUT2D eigenvalue weighted by Crippen LogP contribution is 2.19. The van der Waals surface area contributed by atoms with E-state index in [1.54, 1.807) is 45.0 Å². The normalized spacial score (nSPS) is 12.9. The van der Waals surface area contributed by atoms with Crippen LogP contribution in [0.3, 0.4) is 0 Å². The Kier molecular flexibility index (Phi) is 5.32. The van der Waals surface area contributed by atoms with Gasteiger partial charge in [-0.3, -0.25) is 0 Å². The van der Waals surface area contributed by atoms with Crippen LogP contribution in [0.2, 0.25) is 0 Å². The number of aliphatic hydroxyl groups excluding tert-OH is 2. The number of rotatable bonds is 5. The largest absolute Gasteiger partial charge is 0.482 e. The van der Waals surface area contributed by atoms with Crippen LogP contribution in [0.1, 0.15) is 32.4 Å². The Labute approximate surface area is 112 Å². The Bertz CT molecular complexity index is 422. The molecule has 0 aromatic heterocycles. The molecular formula is C14H20O5. The summed E-state index contributed by atoms with van der Waals surface area (Å²) in [7, 11) is 0. The second-order valence-electron chi connectivity index (χ2n) is 5.15. The van der Waals surface area contributed by atoms with Crippen molar-refractivity contribution in [2.45, 2.75) is 32.5 Å². The second kappa shape index (κ2) is 6.54. The monoisotopic (exact) mass is 268 g/mol. The fourth-order valence-corrected chi connectivity index (χ4v) is 1.43. The van der Waals surface area contributed by atoms with E-state index in [-0.39, 0.29) is 13.2 Å². The number of carbonyl (C=O) groups excluding carboxylic acids is 1. The lowest BCUT2D eigenvalue weighted by atomic mass is 10.1. The van der Waals surface area contributed by atoms with Crippen molar-refractivity contribution >= 4 is 5.97 Å². The van der Waals surface area contributed by atoms with Gasteiger partial charge in [-0.2, -0.15) is 0 Å². The first-order valence-electron chi connectivity index (χ1n) is 6.05. The van der Waals surface area contributed by atoms with Gasteiger partial charge in [0.25, 0.3) is 0 Å². The van der Waals surface area contributed by atoms with E-state index >= 15 is 0 Å². The molecule has 19 heavy (non-hydrogen) atoms. The van der Waals surface area contributed by atoms with Crippen molar-refractivity contribution in [1.29, 1.82) is 0 Å². The van der Waals surface area contributed by atoms with Gasteiger partial charge >= 0.3 is 5.97 Å². The summed E-state index contributed by atoms with van der Waals surface area (Å²) < 4.78 is 10.4. The minimum Gasteiger partial charge on any atom is -0.482 e. The molecule has 0 spiro atoms. The number of hydrogen-bond donors (Lipinski definition) is 2. The van der Waals surface area contributed by atoms with Gasteiger partial charge in [-0.1, -0.05) is 12.1 Å². The molecule has 0 radical (unpaired) electrons. The zero-order chi connectivity index (χ0) is 14.5. The Morgan fingerprint density at radius 3 is 2.63 bits per heavy atom.